The van der Waals surface area contributed by atoms with E-state index in [0.29, 0.717) is 5.82 Å². The third kappa shape index (κ3) is 2.13. The van der Waals surface area contributed by atoms with E-state index >= 15 is 0 Å². The standard InChI is InChI=1S/C12H14N4O/c1-7-10(11(13)16-12(14)15-7)8-4-3-5-9(6-8)17-2/h3-6H,1-2H3,(H4,13,14,15,16). The van der Waals surface area contributed by atoms with Crippen molar-refractivity contribution in [3.05, 3.63) is 30.0 Å². The molecule has 17 heavy (non-hydrogen) atoms. The molecule has 4 N–H and O–H groups in total. The van der Waals surface area contributed by atoms with Crippen molar-refractivity contribution >= 4 is 11.8 Å². The number of nitrogen functional groups attached to an aromatic ring is 2. The van der Waals surface area contributed by atoms with Gasteiger partial charge in [0.25, 0.3) is 0 Å². The monoisotopic (exact) mass is 230 g/mol. The van der Waals surface area contributed by atoms with Gasteiger partial charge in [-0.1, -0.05) is 12.1 Å². The number of aromatic nitrogens is 2. The number of rotatable bonds is 2. The normalized spacial score (nSPS) is 10.2. The predicted molar refractivity (Wildman–Crippen MR) is 67.6 cm³/mol. The Morgan fingerprint density at radius 2 is 1.94 bits per heavy atom. The largest absolute Gasteiger partial charge is 0.497 e. The molecule has 88 valence electrons. The van der Waals surface area contributed by atoms with Crippen molar-refractivity contribution in [3.63, 3.8) is 0 Å². The zero-order valence-electron chi connectivity index (χ0n) is 9.77. The van der Waals surface area contributed by atoms with Gasteiger partial charge < -0.3 is 16.2 Å². The van der Waals surface area contributed by atoms with Crippen LogP contribution >= 0.6 is 0 Å². The second-order valence-electron chi connectivity index (χ2n) is 3.66. The third-order valence-electron chi connectivity index (χ3n) is 2.49. The van der Waals surface area contributed by atoms with Crippen molar-refractivity contribution < 1.29 is 4.74 Å². The Bertz CT molecular complexity index is 531. The van der Waals surface area contributed by atoms with Crippen LogP contribution in [0.2, 0.25) is 0 Å². The second-order valence-corrected chi connectivity index (χ2v) is 3.66. The summed E-state index contributed by atoms with van der Waals surface area (Å²) < 4.78 is 5.17. The van der Waals surface area contributed by atoms with Crippen LogP contribution in [0.4, 0.5) is 11.8 Å². The Morgan fingerprint density at radius 1 is 1.18 bits per heavy atom. The molecule has 0 atom stereocenters. The fraction of sp³-hybridized carbons (Fsp3) is 0.167. The van der Waals surface area contributed by atoms with Gasteiger partial charge in [0.2, 0.25) is 5.95 Å². The number of nitrogens with two attached hydrogens (primary N) is 2. The van der Waals surface area contributed by atoms with Crippen molar-refractivity contribution in [2.75, 3.05) is 18.6 Å². The molecule has 0 bridgehead atoms. The Hall–Kier alpha value is -2.30. The van der Waals surface area contributed by atoms with E-state index in [2.05, 4.69) is 9.97 Å². The molecule has 2 aromatic rings. The molecule has 0 aliphatic rings. The molecular formula is C12H14N4O. The first-order valence-corrected chi connectivity index (χ1v) is 5.16. The molecule has 0 radical (unpaired) electrons. The highest BCUT2D eigenvalue weighted by molar-refractivity contribution is 5.77. The SMILES string of the molecule is COc1cccc(-c2c(C)nc(N)nc2N)c1. The molecule has 0 amide bonds. The number of ether oxygens (including phenoxy) is 1. The van der Waals surface area contributed by atoms with Gasteiger partial charge in [-0.25, -0.2) is 4.98 Å². The topological polar surface area (TPSA) is 87.0 Å². The summed E-state index contributed by atoms with van der Waals surface area (Å²) in [6.45, 7) is 1.85. The molecule has 1 aromatic heterocycles. The molecule has 5 nitrogen and oxygen atoms in total. The van der Waals surface area contributed by atoms with Gasteiger partial charge in [0.05, 0.1) is 12.8 Å². The van der Waals surface area contributed by atoms with Crippen LogP contribution in [0.1, 0.15) is 5.69 Å². The number of hydrogen-bond donors (Lipinski definition) is 2. The summed E-state index contributed by atoms with van der Waals surface area (Å²) in [4.78, 5) is 8.08. The van der Waals surface area contributed by atoms with Crippen LogP contribution in [0, 0.1) is 6.92 Å². The van der Waals surface area contributed by atoms with Gasteiger partial charge in [0.1, 0.15) is 11.6 Å². The number of nitrogens with zero attached hydrogens (tertiary/aromatic N) is 2. The molecule has 1 aromatic carbocycles. The summed E-state index contributed by atoms with van der Waals surface area (Å²) in [5, 5.41) is 0. The van der Waals surface area contributed by atoms with E-state index in [1.165, 1.54) is 0 Å². The van der Waals surface area contributed by atoms with Crippen molar-refractivity contribution in [1.29, 1.82) is 0 Å². The highest BCUT2D eigenvalue weighted by Gasteiger charge is 2.10. The first-order chi connectivity index (χ1) is 8.11. The second kappa shape index (κ2) is 4.29. The van der Waals surface area contributed by atoms with Crippen LogP contribution in [-0.4, -0.2) is 17.1 Å². The van der Waals surface area contributed by atoms with Gasteiger partial charge in [-0.05, 0) is 24.6 Å². The summed E-state index contributed by atoms with van der Waals surface area (Å²) in [7, 11) is 1.62. The lowest BCUT2D eigenvalue weighted by atomic mass is 10.0. The lowest BCUT2D eigenvalue weighted by molar-refractivity contribution is 0.415. The summed E-state index contributed by atoms with van der Waals surface area (Å²) in [6, 6.07) is 7.58. The van der Waals surface area contributed by atoms with Gasteiger partial charge in [-0.3, -0.25) is 0 Å². The van der Waals surface area contributed by atoms with E-state index in [1.54, 1.807) is 7.11 Å². The highest BCUT2D eigenvalue weighted by atomic mass is 16.5. The van der Waals surface area contributed by atoms with E-state index < -0.39 is 0 Å². The van der Waals surface area contributed by atoms with Crippen molar-refractivity contribution in [2.24, 2.45) is 0 Å². The molecule has 0 aliphatic heterocycles. The zero-order valence-corrected chi connectivity index (χ0v) is 9.77. The minimum atomic E-state index is 0.187. The summed E-state index contributed by atoms with van der Waals surface area (Å²) in [6.07, 6.45) is 0. The van der Waals surface area contributed by atoms with E-state index in [4.69, 9.17) is 16.2 Å². The smallest absolute Gasteiger partial charge is 0.222 e. The van der Waals surface area contributed by atoms with Gasteiger partial charge in [0.15, 0.2) is 0 Å². The number of benzene rings is 1. The van der Waals surface area contributed by atoms with Crippen LogP contribution in [0.5, 0.6) is 5.75 Å². The Labute approximate surface area is 99.5 Å². The number of methoxy groups -OCH3 is 1. The molecule has 0 spiro atoms. The number of aryl methyl sites for hydroxylation is 1. The van der Waals surface area contributed by atoms with Gasteiger partial charge >= 0.3 is 0 Å². The average molecular weight is 230 g/mol. The molecule has 0 saturated heterocycles. The maximum atomic E-state index is 5.87. The zero-order chi connectivity index (χ0) is 12.4. The first-order valence-electron chi connectivity index (χ1n) is 5.16. The summed E-state index contributed by atoms with van der Waals surface area (Å²) >= 11 is 0. The van der Waals surface area contributed by atoms with E-state index in [1.807, 2.05) is 31.2 Å². The maximum absolute atomic E-state index is 5.87. The number of anilines is 2. The van der Waals surface area contributed by atoms with Gasteiger partial charge in [-0.2, -0.15) is 4.98 Å². The van der Waals surface area contributed by atoms with Crippen LogP contribution in [0.15, 0.2) is 24.3 Å². The van der Waals surface area contributed by atoms with E-state index in [-0.39, 0.29) is 5.95 Å². The van der Waals surface area contributed by atoms with Crippen molar-refractivity contribution in [1.82, 2.24) is 9.97 Å². The molecule has 5 heteroatoms. The van der Waals surface area contributed by atoms with Crippen LogP contribution in [-0.2, 0) is 0 Å². The third-order valence-corrected chi connectivity index (χ3v) is 2.49. The summed E-state index contributed by atoms with van der Waals surface area (Å²) in [5.74, 6) is 1.33. The minimum absolute atomic E-state index is 0.187. The minimum Gasteiger partial charge on any atom is -0.497 e. The molecule has 2 rings (SSSR count). The molecule has 0 saturated carbocycles. The first kappa shape index (κ1) is 11.2. The quantitative estimate of drug-likeness (QED) is 0.818. The number of hydrogen-bond acceptors (Lipinski definition) is 5. The van der Waals surface area contributed by atoms with E-state index in [0.717, 1.165) is 22.6 Å². The molecule has 0 aliphatic carbocycles. The Balaban J connectivity index is 2.60. The van der Waals surface area contributed by atoms with E-state index in [9.17, 15) is 0 Å². The highest BCUT2D eigenvalue weighted by Crippen LogP contribution is 2.29. The van der Waals surface area contributed by atoms with Crippen molar-refractivity contribution in [3.8, 4) is 16.9 Å². The Morgan fingerprint density at radius 3 is 2.59 bits per heavy atom. The van der Waals surface area contributed by atoms with Crippen LogP contribution in [0.25, 0.3) is 11.1 Å². The molecule has 1 heterocycles. The molecule has 0 fully saturated rings. The van der Waals surface area contributed by atoms with Gasteiger partial charge in [0, 0.05) is 5.56 Å². The maximum Gasteiger partial charge on any atom is 0.222 e. The Kier molecular flexibility index (Phi) is 2.82. The summed E-state index contributed by atoms with van der Waals surface area (Å²) in [5.41, 5.74) is 13.9. The lowest BCUT2D eigenvalue weighted by Crippen LogP contribution is -2.04. The average Bonchev–Trinajstić information content (AvgIpc) is 2.28. The predicted octanol–water partition coefficient (Wildman–Crippen LogP) is 1.63. The molecule has 0 unspecified atom stereocenters. The lowest BCUT2D eigenvalue weighted by Gasteiger charge is -2.10. The van der Waals surface area contributed by atoms with Crippen LogP contribution < -0.4 is 16.2 Å². The van der Waals surface area contributed by atoms with Crippen LogP contribution in [0.3, 0.4) is 0 Å². The fourth-order valence-corrected chi connectivity index (χ4v) is 1.75. The van der Waals surface area contributed by atoms with Crippen molar-refractivity contribution in [2.45, 2.75) is 6.92 Å². The van der Waals surface area contributed by atoms with Gasteiger partial charge in [-0.15, -0.1) is 0 Å². The fourth-order valence-electron chi connectivity index (χ4n) is 1.75. The molecular weight excluding hydrogens is 216 g/mol.